The molecule has 1 amide bonds. The standard InChI is InChI=1S/C19H25N3O3/c1-12(14-6-8-15(9-7-14)19(3,4)5)20-17(23)13(2)22-11-10-16(21-22)18(24)25/h6-13H,1-5H3,(H,20,23)(H,24,25). The van der Waals surface area contributed by atoms with E-state index in [9.17, 15) is 9.59 Å². The van der Waals surface area contributed by atoms with Crippen LogP contribution >= 0.6 is 0 Å². The van der Waals surface area contributed by atoms with Gasteiger partial charge in [0.15, 0.2) is 5.69 Å². The lowest BCUT2D eigenvalue weighted by Gasteiger charge is -2.21. The van der Waals surface area contributed by atoms with Crippen molar-refractivity contribution in [3.05, 3.63) is 53.3 Å². The molecule has 25 heavy (non-hydrogen) atoms. The average Bonchev–Trinajstić information content (AvgIpc) is 3.03. The van der Waals surface area contributed by atoms with E-state index in [2.05, 4.69) is 43.3 Å². The molecule has 0 aliphatic carbocycles. The first-order chi connectivity index (χ1) is 11.6. The molecule has 0 aliphatic rings. The highest BCUT2D eigenvalue weighted by molar-refractivity contribution is 5.85. The molecule has 6 heteroatoms. The topological polar surface area (TPSA) is 84.2 Å². The van der Waals surface area contributed by atoms with Crippen LogP contribution < -0.4 is 5.32 Å². The maximum absolute atomic E-state index is 12.4. The van der Waals surface area contributed by atoms with Crippen molar-refractivity contribution in [3.63, 3.8) is 0 Å². The number of hydrogen-bond donors (Lipinski definition) is 2. The maximum atomic E-state index is 12.4. The van der Waals surface area contributed by atoms with Crippen LogP contribution in [-0.4, -0.2) is 26.8 Å². The molecule has 2 N–H and O–H groups in total. The molecule has 1 aromatic carbocycles. The van der Waals surface area contributed by atoms with E-state index in [0.29, 0.717) is 0 Å². The number of carbonyl (C=O) groups is 2. The van der Waals surface area contributed by atoms with E-state index < -0.39 is 12.0 Å². The summed E-state index contributed by atoms with van der Waals surface area (Å²) in [4.78, 5) is 23.3. The Bertz CT molecular complexity index is 757. The molecule has 2 unspecified atom stereocenters. The van der Waals surface area contributed by atoms with Crippen LogP contribution in [0, 0.1) is 0 Å². The van der Waals surface area contributed by atoms with Crippen LogP contribution in [0.4, 0.5) is 0 Å². The van der Waals surface area contributed by atoms with Crippen LogP contribution in [0.25, 0.3) is 0 Å². The first kappa shape index (κ1) is 18.7. The van der Waals surface area contributed by atoms with Crippen LogP contribution in [0.3, 0.4) is 0 Å². The van der Waals surface area contributed by atoms with Gasteiger partial charge in [0.1, 0.15) is 6.04 Å². The monoisotopic (exact) mass is 343 g/mol. The zero-order valence-corrected chi connectivity index (χ0v) is 15.3. The summed E-state index contributed by atoms with van der Waals surface area (Å²) < 4.78 is 1.36. The lowest BCUT2D eigenvalue weighted by molar-refractivity contribution is -0.124. The van der Waals surface area contributed by atoms with Crippen LogP contribution in [0.15, 0.2) is 36.5 Å². The second-order valence-electron chi connectivity index (χ2n) is 7.26. The number of amides is 1. The number of nitrogens with one attached hydrogen (secondary N) is 1. The van der Waals surface area contributed by atoms with Gasteiger partial charge >= 0.3 is 5.97 Å². The van der Waals surface area contributed by atoms with Gasteiger partial charge in [0.2, 0.25) is 5.91 Å². The number of carboxylic acids is 1. The van der Waals surface area contributed by atoms with Gasteiger partial charge in [-0.1, -0.05) is 45.0 Å². The molecule has 0 radical (unpaired) electrons. The minimum Gasteiger partial charge on any atom is -0.476 e. The van der Waals surface area contributed by atoms with Crippen LogP contribution in [-0.2, 0) is 10.2 Å². The zero-order chi connectivity index (χ0) is 18.8. The predicted molar refractivity (Wildman–Crippen MR) is 95.6 cm³/mol. The van der Waals surface area contributed by atoms with Gasteiger partial charge in [-0.15, -0.1) is 0 Å². The van der Waals surface area contributed by atoms with E-state index in [1.54, 1.807) is 6.92 Å². The number of carbonyl (C=O) groups excluding carboxylic acids is 1. The molecule has 0 fully saturated rings. The Balaban J connectivity index is 2.04. The van der Waals surface area contributed by atoms with Crippen molar-refractivity contribution in [1.29, 1.82) is 0 Å². The number of aromatic carboxylic acids is 1. The lowest BCUT2D eigenvalue weighted by atomic mass is 9.86. The first-order valence-electron chi connectivity index (χ1n) is 8.29. The largest absolute Gasteiger partial charge is 0.476 e. The summed E-state index contributed by atoms with van der Waals surface area (Å²) in [6, 6.07) is 8.82. The highest BCUT2D eigenvalue weighted by Crippen LogP contribution is 2.24. The van der Waals surface area contributed by atoms with Crippen LogP contribution in [0.5, 0.6) is 0 Å². The molecule has 2 rings (SSSR count). The summed E-state index contributed by atoms with van der Waals surface area (Å²) in [7, 11) is 0. The molecule has 2 aromatic rings. The fourth-order valence-corrected chi connectivity index (χ4v) is 2.48. The quantitative estimate of drug-likeness (QED) is 0.872. The number of nitrogens with zero attached hydrogens (tertiary/aromatic N) is 2. The Morgan fingerprint density at radius 2 is 1.72 bits per heavy atom. The number of rotatable bonds is 5. The number of hydrogen-bond acceptors (Lipinski definition) is 3. The number of carboxylic acid groups (broad SMARTS) is 1. The fourth-order valence-electron chi connectivity index (χ4n) is 2.48. The van der Waals surface area contributed by atoms with E-state index in [0.717, 1.165) is 5.56 Å². The van der Waals surface area contributed by atoms with Gasteiger partial charge in [-0.3, -0.25) is 9.48 Å². The molecule has 1 aromatic heterocycles. The second-order valence-corrected chi connectivity index (χ2v) is 7.26. The summed E-state index contributed by atoms with van der Waals surface area (Å²) in [6.07, 6.45) is 1.50. The van der Waals surface area contributed by atoms with Gasteiger partial charge in [0.25, 0.3) is 0 Å². The molecule has 0 spiro atoms. The maximum Gasteiger partial charge on any atom is 0.356 e. The van der Waals surface area contributed by atoms with Gasteiger partial charge in [0.05, 0.1) is 6.04 Å². The molecule has 0 bridgehead atoms. The third-order valence-corrected chi connectivity index (χ3v) is 4.24. The Morgan fingerprint density at radius 3 is 2.20 bits per heavy atom. The molecule has 0 saturated heterocycles. The van der Waals surface area contributed by atoms with E-state index in [-0.39, 0.29) is 23.1 Å². The van der Waals surface area contributed by atoms with Gasteiger partial charge in [-0.05, 0) is 36.5 Å². The van der Waals surface area contributed by atoms with Gasteiger partial charge in [-0.25, -0.2) is 4.79 Å². The fraction of sp³-hybridized carbons (Fsp3) is 0.421. The SMILES string of the molecule is CC(NC(=O)C(C)n1ccc(C(=O)O)n1)c1ccc(C(C)(C)C)cc1. The van der Waals surface area contributed by atoms with Crippen LogP contribution in [0.2, 0.25) is 0 Å². The molecule has 134 valence electrons. The lowest BCUT2D eigenvalue weighted by Crippen LogP contribution is -2.33. The first-order valence-corrected chi connectivity index (χ1v) is 8.29. The normalized spacial score (nSPS) is 14.0. The van der Waals surface area contributed by atoms with Crippen molar-refractivity contribution in [2.75, 3.05) is 0 Å². The summed E-state index contributed by atoms with van der Waals surface area (Å²) in [5.74, 6) is -1.33. The number of aromatic nitrogens is 2. The molecule has 2 atom stereocenters. The van der Waals surface area contributed by atoms with Crippen molar-refractivity contribution < 1.29 is 14.7 Å². The van der Waals surface area contributed by atoms with Crippen molar-refractivity contribution in [1.82, 2.24) is 15.1 Å². The average molecular weight is 343 g/mol. The van der Waals surface area contributed by atoms with Crippen LogP contribution in [0.1, 0.15) is 68.3 Å². The minimum absolute atomic E-state index is 0.0783. The van der Waals surface area contributed by atoms with Crippen molar-refractivity contribution in [3.8, 4) is 0 Å². The van der Waals surface area contributed by atoms with Gasteiger partial charge in [0, 0.05) is 6.20 Å². The third-order valence-electron chi connectivity index (χ3n) is 4.24. The summed E-state index contributed by atoms with van der Waals surface area (Å²) >= 11 is 0. The van der Waals surface area contributed by atoms with Crippen molar-refractivity contribution >= 4 is 11.9 Å². The molecular formula is C19H25N3O3. The Labute approximate surface area is 147 Å². The van der Waals surface area contributed by atoms with Crippen molar-refractivity contribution in [2.24, 2.45) is 0 Å². The molecule has 0 saturated carbocycles. The van der Waals surface area contributed by atoms with Gasteiger partial charge in [-0.2, -0.15) is 5.10 Å². The zero-order valence-electron chi connectivity index (χ0n) is 15.3. The predicted octanol–water partition coefficient (Wildman–Crippen LogP) is 3.32. The summed E-state index contributed by atoms with van der Waals surface area (Å²) in [6.45, 7) is 10.1. The molecule has 0 aliphatic heterocycles. The van der Waals surface area contributed by atoms with E-state index in [4.69, 9.17) is 5.11 Å². The number of benzene rings is 1. The van der Waals surface area contributed by atoms with Crippen molar-refractivity contribution in [2.45, 2.75) is 52.1 Å². The van der Waals surface area contributed by atoms with E-state index in [1.165, 1.54) is 22.5 Å². The Morgan fingerprint density at radius 1 is 1.12 bits per heavy atom. The third kappa shape index (κ3) is 4.47. The minimum atomic E-state index is -1.11. The molecular weight excluding hydrogens is 318 g/mol. The van der Waals surface area contributed by atoms with E-state index >= 15 is 0 Å². The molecule has 6 nitrogen and oxygen atoms in total. The summed E-state index contributed by atoms with van der Waals surface area (Å²) in [5.41, 5.74) is 2.26. The highest BCUT2D eigenvalue weighted by Gasteiger charge is 2.20. The second kappa shape index (κ2) is 7.09. The smallest absolute Gasteiger partial charge is 0.356 e. The summed E-state index contributed by atoms with van der Waals surface area (Å²) in [5, 5.41) is 15.8. The van der Waals surface area contributed by atoms with E-state index in [1.807, 2.05) is 19.1 Å². The molecule has 1 heterocycles. The Hall–Kier alpha value is -2.63. The van der Waals surface area contributed by atoms with Gasteiger partial charge < -0.3 is 10.4 Å². The Kier molecular flexibility index (Phi) is 5.30. The highest BCUT2D eigenvalue weighted by atomic mass is 16.4.